The first-order chi connectivity index (χ1) is 13.1. The van der Waals surface area contributed by atoms with Crippen molar-refractivity contribution in [3.63, 3.8) is 0 Å². The van der Waals surface area contributed by atoms with E-state index in [4.69, 9.17) is 9.15 Å². The molecule has 144 valence electrons. The van der Waals surface area contributed by atoms with E-state index in [1.165, 1.54) is 4.57 Å². The van der Waals surface area contributed by atoms with Crippen LogP contribution < -0.4 is 5.76 Å². The van der Waals surface area contributed by atoms with Gasteiger partial charge in [-0.3, -0.25) is 14.2 Å². The summed E-state index contributed by atoms with van der Waals surface area (Å²) in [6.45, 7) is 2.72. The van der Waals surface area contributed by atoms with E-state index in [0.717, 1.165) is 12.8 Å². The van der Waals surface area contributed by atoms with Crippen LogP contribution in [-0.2, 0) is 20.9 Å². The molecule has 27 heavy (non-hydrogen) atoms. The Labute approximate surface area is 156 Å². The van der Waals surface area contributed by atoms with Crippen molar-refractivity contribution in [2.75, 3.05) is 32.8 Å². The molecule has 2 aromatic rings. The lowest BCUT2D eigenvalue weighted by molar-refractivity contribution is -0.141. The van der Waals surface area contributed by atoms with Crippen molar-refractivity contribution in [2.24, 2.45) is 0 Å². The van der Waals surface area contributed by atoms with Gasteiger partial charge in [-0.25, -0.2) is 4.79 Å². The van der Waals surface area contributed by atoms with Crippen LogP contribution in [0.2, 0.25) is 0 Å². The number of benzene rings is 1. The maximum absolute atomic E-state index is 12.7. The monoisotopic (exact) mass is 373 g/mol. The molecule has 4 rings (SSSR count). The third-order valence-electron chi connectivity index (χ3n) is 5.23. The highest BCUT2D eigenvalue weighted by molar-refractivity contribution is 5.82. The normalized spacial score (nSPS) is 20.8. The smallest absolute Gasteiger partial charge is 0.408 e. The summed E-state index contributed by atoms with van der Waals surface area (Å²) in [5.41, 5.74) is 1.08. The van der Waals surface area contributed by atoms with Crippen LogP contribution in [0.25, 0.3) is 11.1 Å². The zero-order valence-electron chi connectivity index (χ0n) is 15.1. The second-order valence-corrected chi connectivity index (χ2v) is 6.98. The molecule has 3 heterocycles. The summed E-state index contributed by atoms with van der Waals surface area (Å²) < 4.78 is 12.0. The Morgan fingerprint density at radius 2 is 1.81 bits per heavy atom. The van der Waals surface area contributed by atoms with Crippen LogP contribution >= 0.6 is 0 Å². The molecule has 8 heteroatoms. The van der Waals surface area contributed by atoms with Crippen LogP contribution in [0.3, 0.4) is 0 Å². The number of fused-ring (bicyclic) bond motifs is 1. The Kier molecular flexibility index (Phi) is 4.98. The van der Waals surface area contributed by atoms with Gasteiger partial charge in [-0.2, -0.15) is 0 Å². The third-order valence-corrected chi connectivity index (χ3v) is 5.23. The molecule has 2 fully saturated rings. The van der Waals surface area contributed by atoms with Crippen molar-refractivity contribution >= 4 is 22.9 Å². The number of aromatic nitrogens is 1. The van der Waals surface area contributed by atoms with Gasteiger partial charge in [0.25, 0.3) is 5.91 Å². The van der Waals surface area contributed by atoms with Crippen LogP contribution in [0.15, 0.2) is 33.5 Å². The van der Waals surface area contributed by atoms with Crippen molar-refractivity contribution in [3.05, 3.63) is 34.8 Å². The third kappa shape index (κ3) is 3.62. The maximum Gasteiger partial charge on any atom is 0.420 e. The van der Waals surface area contributed by atoms with Crippen LogP contribution in [0.5, 0.6) is 0 Å². The number of ether oxygens (including phenoxy) is 1. The topological polar surface area (TPSA) is 85.0 Å². The predicted octanol–water partition coefficient (Wildman–Crippen LogP) is 0.834. The van der Waals surface area contributed by atoms with E-state index in [9.17, 15) is 14.4 Å². The van der Waals surface area contributed by atoms with Gasteiger partial charge in [-0.05, 0) is 31.4 Å². The van der Waals surface area contributed by atoms with Gasteiger partial charge in [0.05, 0.1) is 5.52 Å². The van der Waals surface area contributed by atoms with E-state index < -0.39 is 5.76 Å². The van der Waals surface area contributed by atoms with Crippen molar-refractivity contribution in [2.45, 2.75) is 31.9 Å². The maximum atomic E-state index is 12.7. The Balaban J connectivity index is 1.41. The van der Waals surface area contributed by atoms with E-state index in [1.807, 2.05) is 0 Å². The van der Waals surface area contributed by atoms with Gasteiger partial charge >= 0.3 is 5.76 Å². The molecular weight excluding hydrogens is 350 g/mol. The van der Waals surface area contributed by atoms with Crippen LogP contribution in [0, 0.1) is 0 Å². The number of hydrogen-bond acceptors (Lipinski definition) is 5. The Morgan fingerprint density at radius 3 is 2.63 bits per heavy atom. The van der Waals surface area contributed by atoms with Gasteiger partial charge in [0, 0.05) is 32.8 Å². The minimum absolute atomic E-state index is 0.0267. The predicted molar refractivity (Wildman–Crippen MR) is 97.2 cm³/mol. The SMILES string of the molecule is O=C(Cn1c(=O)oc2ccccc21)N1CCCN(C(=O)[C@@H]2CCCO2)CC1. The molecule has 1 atom stereocenters. The summed E-state index contributed by atoms with van der Waals surface area (Å²) >= 11 is 0. The minimum Gasteiger partial charge on any atom is -0.408 e. The molecule has 2 amide bonds. The summed E-state index contributed by atoms with van der Waals surface area (Å²) in [6.07, 6.45) is 2.07. The lowest BCUT2D eigenvalue weighted by Gasteiger charge is -2.24. The quantitative estimate of drug-likeness (QED) is 0.796. The van der Waals surface area contributed by atoms with E-state index in [2.05, 4.69) is 0 Å². The standard InChI is InChI=1S/C19H23N3O5/c23-17(13-22-14-5-1-2-6-15(14)27-19(22)25)20-8-4-9-21(11-10-20)18(24)16-7-3-12-26-16/h1-2,5-6,16H,3-4,7-13H2/t16-/m0/s1. The first kappa shape index (κ1) is 17.8. The summed E-state index contributed by atoms with van der Waals surface area (Å²) in [5.74, 6) is -0.650. The number of rotatable bonds is 3. The molecule has 2 aliphatic heterocycles. The molecule has 2 saturated heterocycles. The Morgan fingerprint density at radius 1 is 1.04 bits per heavy atom. The second-order valence-electron chi connectivity index (χ2n) is 6.98. The number of para-hydroxylation sites is 2. The number of hydrogen-bond donors (Lipinski definition) is 0. The fourth-order valence-corrected chi connectivity index (χ4v) is 3.76. The number of nitrogens with zero attached hydrogens (tertiary/aromatic N) is 3. The molecule has 1 aromatic heterocycles. The first-order valence-electron chi connectivity index (χ1n) is 9.40. The van der Waals surface area contributed by atoms with E-state index >= 15 is 0 Å². The molecule has 0 bridgehead atoms. The number of carbonyl (C=O) groups excluding carboxylic acids is 2. The Bertz CT molecular complexity index is 896. The zero-order valence-corrected chi connectivity index (χ0v) is 15.1. The average Bonchev–Trinajstić information content (AvgIpc) is 3.23. The highest BCUT2D eigenvalue weighted by Gasteiger charge is 2.30. The zero-order chi connectivity index (χ0) is 18.8. The molecule has 0 saturated carbocycles. The van der Waals surface area contributed by atoms with Crippen LogP contribution in [0.1, 0.15) is 19.3 Å². The number of amides is 2. The van der Waals surface area contributed by atoms with Crippen LogP contribution in [0.4, 0.5) is 0 Å². The molecule has 0 spiro atoms. The van der Waals surface area contributed by atoms with Crippen LogP contribution in [-0.4, -0.2) is 65.1 Å². The molecule has 0 unspecified atom stereocenters. The van der Waals surface area contributed by atoms with E-state index in [-0.39, 0.29) is 24.5 Å². The second kappa shape index (κ2) is 7.56. The average molecular weight is 373 g/mol. The van der Waals surface area contributed by atoms with Crippen molar-refractivity contribution in [1.82, 2.24) is 14.4 Å². The molecule has 0 N–H and O–H groups in total. The van der Waals surface area contributed by atoms with Gasteiger partial charge in [0.1, 0.15) is 12.6 Å². The lowest BCUT2D eigenvalue weighted by atomic mass is 10.2. The largest absolute Gasteiger partial charge is 0.420 e. The van der Waals surface area contributed by atoms with E-state index in [0.29, 0.717) is 50.3 Å². The summed E-state index contributed by atoms with van der Waals surface area (Å²) in [4.78, 5) is 40.8. The van der Waals surface area contributed by atoms with Crippen molar-refractivity contribution in [3.8, 4) is 0 Å². The minimum atomic E-state index is -0.533. The highest BCUT2D eigenvalue weighted by atomic mass is 16.5. The molecular formula is C19H23N3O5. The summed E-state index contributed by atoms with van der Waals surface area (Å²) in [5, 5.41) is 0. The molecule has 0 radical (unpaired) electrons. The molecule has 2 aliphatic rings. The lowest BCUT2D eigenvalue weighted by Crippen LogP contribution is -2.42. The fraction of sp³-hybridized carbons (Fsp3) is 0.526. The van der Waals surface area contributed by atoms with Gasteiger partial charge in [0.2, 0.25) is 5.91 Å². The summed E-state index contributed by atoms with van der Waals surface area (Å²) in [7, 11) is 0. The van der Waals surface area contributed by atoms with Gasteiger partial charge in [-0.15, -0.1) is 0 Å². The number of oxazole rings is 1. The van der Waals surface area contributed by atoms with Gasteiger partial charge in [0.15, 0.2) is 5.58 Å². The first-order valence-corrected chi connectivity index (χ1v) is 9.40. The molecule has 1 aromatic carbocycles. The van der Waals surface area contributed by atoms with Crippen molar-refractivity contribution in [1.29, 1.82) is 0 Å². The number of carbonyl (C=O) groups is 2. The highest BCUT2D eigenvalue weighted by Crippen LogP contribution is 2.17. The van der Waals surface area contributed by atoms with Gasteiger partial charge in [-0.1, -0.05) is 12.1 Å². The Hall–Kier alpha value is -2.61. The van der Waals surface area contributed by atoms with Gasteiger partial charge < -0.3 is 19.0 Å². The van der Waals surface area contributed by atoms with Crippen molar-refractivity contribution < 1.29 is 18.7 Å². The van der Waals surface area contributed by atoms with E-state index in [1.54, 1.807) is 34.1 Å². The summed E-state index contributed by atoms with van der Waals surface area (Å²) in [6, 6.07) is 7.06. The molecule has 0 aliphatic carbocycles. The fourth-order valence-electron chi connectivity index (χ4n) is 3.76. The molecule has 8 nitrogen and oxygen atoms in total.